The second-order valence-electron chi connectivity index (χ2n) is 4.33. The highest BCUT2D eigenvalue weighted by molar-refractivity contribution is 5.17. The molecule has 3 heteroatoms. The fraction of sp³-hybridized carbons (Fsp3) is 0.500. The van der Waals surface area contributed by atoms with Crippen molar-refractivity contribution in [3.05, 3.63) is 35.6 Å². The number of benzene rings is 1. The number of aliphatic hydroxyl groups is 1. The van der Waals surface area contributed by atoms with Crippen LogP contribution in [-0.4, -0.2) is 23.8 Å². The molecule has 0 saturated carbocycles. The molecule has 0 radical (unpaired) electrons. The zero-order chi connectivity index (χ0) is 11.3. The first-order valence-corrected chi connectivity index (χ1v) is 5.15. The van der Waals surface area contributed by atoms with E-state index in [1.807, 2.05) is 6.07 Å². The van der Waals surface area contributed by atoms with Crippen LogP contribution in [0, 0.1) is 5.82 Å². The highest BCUT2D eigenvalue weighted by Gasteiger charge is 2.10. The number of halogens is 1. The van der Waals surface area contributed by atoms with E-state index in [1.165, 1.54) is 6.07 Å². The largest absolute Gasteiger partial charge is 0.389 e. The Labute approximate surface area is 90.1 Å². The number of hydrogen-bond donors (Lipinski definition) is 2. The molecule has 1 rings (SSSR count). The summed E-state index contributed by atoms with van der Waals surface area (Å²) in [4.78, 5) is 0. The molecule has 0 fully saturated rings. The van der Waals surface area contributed by atoms with E-state index in [0.717, 1.165) is 0 Å². The summed E-state index contributed by atoms with van der Waals surface area (Å²) in [6.07, 6.45) is 0.642. The first-order chi connectivity index (χ1) is 6.99. The van der Waals surface area contributed by atoms with Crippen molar-refractivity contribution in [2.24, 2.45) is 0 Å². The Bertz CT molecular complexity index is 307. The monoisotopic (exact) mass is 211 g/mol. The third kappa shape index (κ3) is 4.91. The molecule has 0 aliphatic heterocycles. The summed E-state index contributed by atoms with van der Waals surface area (Å²) in [6, 6.07) is 6.75. The molecule has 0 heterocycles. The normalized spacial score (nSPS) is 11.7. The lowest BCUT2D eigenvalue weighted by Crippen LogP contribution is -2.35. The molecule has 0 unspecified atom stereocenters. The molecule has 2 N–H and O–H groups in total. The van der Waals surface area contributed by atoms with Crippen LogP contribution in [0.5, 0.6) is 0 Å². The van der Waals surface area contributed by atoms with E-state index in [2.05, 4.69) is 5.32 Å². The Morgan fingerprint density at radius 2 is 2.00 bits per heavy atom. The fourth-order valence-electron chi connectivity index (χ4n) is 1.32. The molecule has 15 heavy (non-hydrogen) atoms. The van der Waals surface area contributed by atoms with Gasteiger partial charge in [-0.15, -0.1) is 0 Å². The summed E-state index contributed by atoms with van der Waals surface area (Å²) >= 11 is 0. The van der Waals surface area contributed by atoms with Crippen molar-refractivity contribution in [1.82, 2.24) is 5.32 Å². The average molecular weight is 211 g/mol. The molecule has 0 aliphatic carbocycles. The lowest BCUT2D eigenvalue weighted by atomic mass is 10.1. The maximum atomic E-state index is 13.2. The van der Waals surface area contributed by atoms with Crippen LogP contribution in [0.2, 0.25) is 0 Å². The third-order valence-corrected chi connectivity index (χ3v) is 2.09. The van der Waals surface area contributed by atoms with Gasteiger partial charge in [-0.3, -0.25) is 0 Å². The second-order valence-corrected chi connectivity index (χ2v) is 4.33. The Hall–Kier alpha value is -0.930. The zero-order valence-corrected chi connectivity index (χ0v) is 9.26. The smallest absolute Gasteiger partial charge is 0.126 e. The SMILES string of the molecule is CC(C)(O)CNCCc1ccccc1F. The van der Waals surface area contributed by atoms with Gasteiger partial charge in [-0.05, 0) is 38.4 Å². The van der Waals surface area contributed by atoms with Crippen molar-refractivity contribution < 1.29 is 9.50 Å². The number of hydrogen-bond acceptors (Lipinski definition) is 2. The molecule has 2 nitrogen and oxygen atoms in total. The summed E-state index contributed by atoms with van der Waals surface area (Å²) in [5, 5.41) is 12.5. The predicted molar refractivity (Wildman–Crippen MR) is 59.3 cm³/mol. The molecule has 0 spiro atoms. The molecule has 84 valence electrons. The molecule has 0 atom stereocenters. The minimum atomic E-state index is -0.713. The van der Waals surface area contributed by atoms with Gasteiger partial charge in [0.2, 0.25) is 0 Å². The molecule has 0 amide bonds. The van der Waals surface area contributed by atoms with E-state index in [4.69, 9.17) is 0 Å². The van der Waals surface area contributed by atoms with Crippen LogP contribution < -0.4 is 5.32 Å². The summed E-state index contributed by atoms with van der Waals surface area (Å²) in [5.41, 5.74) is -0.00404. The quantitative estimate of drug-likeness (QED) is 0.727. The number of nitrogens with one attached hydrogen (secondary N) is 1. The molecule has 0 aliphatic rings. The standard InChI is InChI=1S/C12H18FNO/c1-12(2,15)9-14-8-7-10-5-3-4-6-11(10)13/h3-6,14-15H,7-9H2,1-2H3. The molecule has 0 aromatic heterocycles. The van der Waals surface area contributed by atoms with Crippen LogP contribution in [-0.2, 0) is 6.42 Å². The first kappa shape index (κ1) is 12.1. The second kappa shape index (κ2) is 5.24. The van der Waals surface area contributed by atoms with Crippen LogP contribution in [0.15, 0.2) is 24.3 Å². The van der Waals surface area contributed by atoms with Gasteiger partial charge in [-0.25, -0.2) is 4.39 Å². The third-order valence-electron chi connectivity index (χ3n) is 2.09. The Morgan fingerprint density at radius 1 is 1.33 bits per heavy atom. The molecule has 0 bridgehead atoms. The van der Waals surface area contributed by atoms with Gasteiger partial charge in [0.05, 0.1) is 5.60 Å². The van der Waals surface area contributed by atoms with Gasteiger partial charge in [0.1, 0.15) is 5.82 Å². The molecular formula is C12H18FNO. The average Bonchev–Trinajstić information content (AvgIpc) is 2.13. The zero-order valence-electron chi connectivity index (χ0n) is 9.26. The van der Waals surface area contributed by atoms with Crippen LogP contribution in [0.4, 0.5) is 4.39 Å². The molecule has 1 aromatic rings. The number of rotatable bonds is 5. The highest BCUT2D eigenvalue weighted by Crippen LogP contribution is 2.06. The van der Waals surface area contributed by atoms with Crippen molar-refractivity contribution in [3.8, 4) is 0 Å². The highest BCUT2D eigenvalue weighted by atomic mass is 19.1. The maximum Gasteiger partial charge on any atom is 0.126 e. The van der Waals surface area contributed by atoms with Crippen molar-refractivity contribution in [2.75, 3.05) is 13.1 Å². The Morgan fingerprint density at radius 3 is 2.60 bits per heavy atom. The van der Waals surface area contributed by atoms with Gasteiger partial charge < -0.3 is 10.4 Å². The predicted octanol–water partition coefficient (Wildman–Crippen LogP) is 1.73. The molecule has 1 aromatic carbocycles. The van der Waals surface area contributed by atoms with Crippen LogP contribution in [0.3, 0.4) is 0 Å². The van der Waals surface area contributed by atoms with Crippen LogP contribution in [0.25, 0.3) is 0 Å². The van der Waals surface area contributed by atoms with Gasteiger partial charge in [0.25, 0.3) is 0 Å². The molecule has 0 saturated heterocycles. The van der Waals surface area contributed by atoms with E-state index < -0.39 is 5.60 Å². The van der Waals surface area contributed by atoms with Crippen molar-refractivity contribution in [3.63, 3.8) is 0 Å². The van der Waals surface area contributed by atoms with E-state index in [-0.39, 0.29) is 5.82 Å². The Balaban J connectivity index is 2.30. The Kier molecular flexibility index (Phi) is 4.24. The summed E-state index contributed by atoms with van der Waals surface area (Å²) in [7, 11) is 0. The van der Waals surface area contributed by atoms with Gasteiger partial charge in [0.15, 0.2) is 0 Å². The summed E-state index contributed by atoms with van der Waals surface area (Å²) < 4.78 is 13.2. The van der Waals surface area contributed by atoms with Gasteiger partial charge in [-0.2, -0.15) is 0 Å². The van der Waals surface area contributed by atoms with Crippen LogP contribution in [0.1, 0.15) is 19.4 Å². The molecular weight excluding hydrogens is 193 g/mol. The van der Waals surface area contributed by atoms with Gasteiger partial charge in [-0.1, -0.05) is 18.2 Å². The lowest BCUT2D eigenvalue weighted by molar-refractivity contribution is 0.0801. The van der Waals surface area contributed by atoms with Crippen molar-refractivity contribution >= 4 is 0 Å². The van der Waals surface area contributed by atoms with Gasteiger partial charge in [0, 0.05) is 6.54 Å². The fourth-order valence-corrected chi connectivity index (χ4v) is 1.32. The first-order valence-electron chi connectivity index (χ1n) is 5.15. The minimum Gasteiger partial charge on any atom is -0.389 e. The lowest BCUT2D eigenvalue weighted by Gasteiger charge is -2.17. The minimum absolute atomic E-state index is 0.164. The van der Waals surface area contributed by atoms with E-state index in [0.29, 0.717) is 25.1 Å². The van der Waals surface area contributed by atoms with E-state index in [9.17, 15) is 9.50 Å². The summed E-state index contributed by atoms with van der Waals surface area (Å²) in [5.74, 6) is -0.164. The van der Waals surface area contributed by atoms with E-state index >= 15 is 0 Å². The topological polar surface area (TPSA) is 32.3 Å². The van der Waals surface area contributed by atoms with Crippen molar-refractivity contribution in [1.29, 1.82) is 0 Å². The van der Waals surface area contributed by atoms with E-state index in [1.54, 1.807) is 26.0 Å². The maximum absolute atomic E-state index is 13.2. The van der Waals surface area contributed by atoms with Gasteiger partial charge >= 0.3 is 0 Å². The summed E-state index contributed by atoms with van der Waals surface area (Å²) in [6.45, 7) is 4.67. The van der Waals surface area contributed by atoms with Crippen LogP contribution >= 0.6 is 0 Å². The van der Waals surface area contributed by atoms with Crippen molar-refractivity contribution in [2.45, 2.75) is 25.9 Å².